The van der Waals surface area contributed by atoms with Crippen LogP contribution in [0.3, 0.4) is 0 Å². The van der Waals surface area contributed by atoms with Crippen LogP contribution in [0.1, 0.15) is 35.5 Å². The van der Waals surface area contributed by atoms with Crippen molar-refractivity contribution in [2.24, 2.45) is 11.8 Å². The van der Waals surface area contributed by atoms with E-state index in [0.29, 0.717) is 16.5 Å². The average molecular weight is 401 g/mol. The molecule has 0 aliphatic heterocycles. The van der Waals surface area contributed by atoms with Crippen molar-refractivity contribution in [1.29, 1.82) is 0 Å². The Morgan fingerprint density at radius 3 is 2.46 bits per heavy atom. The van der Waals surface area contributed by atoms with E-state index < -0.39 is 11.9 Å². The molecule has 1 aromatic heterocycles. The first-order valence-corrected chi connectivity index (χ1v) is 10.1. The summed E-state index contributed by atoms with van der Waals surface area (Å²) in [5, 5.41) is 3.11. The van der Waals surface area contributed by atoms with Gasteiger partial charge in [-0.1, -0.05) is 37.3 Å². The zero-order chi connectivity index (χ0) is 20.3. The zero-order valence-electron chi connectivity index (χ0n) is 16.1. The van der Waals surface area contributed by atoms with Crippen molar-refractivity contribution in [3.8, 4) is 11.1 Å². The number of carbonyl (C=O) groups is 3. The molecule has 1 N–H and O–H groups in total. The van der Waals surface area contributed by atoms with E-state index >= 15 is 0 Å². The Morgan fingerprint density at radius 2 is 1.86 bits per heavy atom. The first-order valence-electron chi connectivity index (χ1n) is 9.24. The molecule has 148 valence electrons. The molecular weight excluding hydrogens is 378 g/mol. The summed E-state index contributed by atoms with van der Waals surface area (Å²) in [6, 6.07) is 9.48. The highest BCUT2D eigenvalue weighted by molar-refractivity contribution is 7.17. The molecule has 3 rings (SSSR count). The molecule has 1 aromatic carbocycles. The van der Waals surface area contributed by atoms with E-state index in [1.807, 2.05) is 44.2 Å². The lowest BCUT2D eigenvalue weighted by atomic mass is 10.0. The number of anilines is 1. The van der Waals surface area contributed by atoms with Crippen molar-refractivity contribution in [2.75, 3.05) is 18.5 Å². The number of esters is 2. The molecule has 1 saturated carbocycles. The van der Waals surface area contributed by atoms with Crippen LogP contribution in [0.25, 0.3) is 11.1 Å². The van der Waals surface area contributed by atoms with Gasteiger partial charge in [0.25, 0.3) is 5.91 Å². The van der Waals surface area contributed by atoms with Crippen LogP contribution in [-0.2, 0) is 19.1 Å². The lowest BCUT2D eigenvalue weighted by molar-refractivity contribution is -0.148. The minimum absolute atomic E-state index is 0.100. The number of rotatable bonds is 7. The van der Waals surface area contributed by atoms with Gasteiger partial charge in [-0.25, -0.2) is 4.79 Å². The molecule has 0 saturated heterocycles. The number of hydrogen-bond donors (Lipinski definition) is 1. The second-order valence-corrected chi connectivity index (χ2v) is 8.02. The summed E-state index contributed by atoms with van der Waals surface area (Å²) < 4.78 is 10.3. The van der Waals surface area contributed by atoms with E-state index in [2.05, 4.69) is 5.32 Å². The van der Waals surface area contributed by atoms with E-state index in [0.717, 1.165) is 22.4 Å². The molecule has 1 fully saturated rings. The summed E-state index contributed by atoms with van der Waals surface area (Å²) in [5.41, 5.74) is 1.93. The highest BCUT2D eigenvalue weighted by Crippen LogP contribution is 2.40. The van der Waals surface area contributed by atoms with E-state index in [1.54, 1.807) is 6.92 Å². The quantitative estimate of drug-likeness (QED) is 0.708. The monoisotopic (exact) mass is 401 g/mol. The van der Waals surface area contributed by atoms with Gasteiger partial charge in [0.1, 0.15) is 10.6 Å². The van der Waals surface area contributed by atoms with Crippen LogP contribution in [0.15, 0.2) is 30.3 Å². The number of ether oxygens (including phenoxy) is 2. The molecule has 0 radical (unpaired) electrons. The molecule has 28 heavy (non-hydrogen) atoms. The normalized spacial score (nSPS) is 17.7. The van der Waals surface area contributed by atoms with E-state index in [1.165, 1.54) is 11.3 Å². The number of carbonyl (C=O) groups excluding carboxylic acids is 3. The Kier molecular flexibility index (Phi) is 6.14. The summed E-state index contributed by atoms with van der Waals surface area (Å²) in [5.74, 6) is -1.10. The van der Waals surface area contributed by atoms with Crippen LogP contribution >= 0.6 is 11.3 Å². The predicted molar refractivity (Wildman–Crippen MR) is 107 cm³/mol. The number of amides is 1. The highest BCUT2D eigenvalue weighted by atomic mass is 32.1. The third kappa shape index (κ3) is 4.42. The minimum Gasteiger partial charge on any atom is -0.462 e. The molecule has 1 aliphatic rings. The van der Waals surface area contributed by atoms with Crippen LogP contribution in [0.2, 0.25) is 0 Å². The molecule has 2 atom stereocenters. The highest BCUT2D eigenvalue weighted by Gasteiger charge is 2.40. The summed E-state index contributed by atoms with van der Waals surface area (Å²) in [7, 11) is 0. The molecule has 1 heterocycles. The van der Waals surface area contributed by atoms with Crippen molar-refractivity contribution in [3.05, 3.63) is 40.8 Å². The topological polar surface area (TPSA) is 81.7 Å². The van der Waals surface area contributed by atoms with Gasteiger partial charge in [-0.05, 0) is 31.7 Å². The molecule has 2 aromatic rings. The largest absolute Gasteiger partial charge is 0.462 e. The zero-order valence-corrected chi connectivity index (χ0v) is 16.9. The third-order valence-corrected chi connectivity index (χ3v) is 5.66. The van der Waals surface area contributed by atoms with E-state index in [-0.39, 0.29) is 25.1 Å². The Labute approximate surface area is 167 Å². The minimum atomic E-state index is -0.496. The SMILES string of the molecule is CCOC(=O)c1c(NC(=O)COC(=O)[C@@H]2C[C@H]2C)sc(C)c1-c1ccccc1. The first-order chi connectivity index (χ1) is 13.4. The van der Waals surface area contributed by atoms with Gasteiger partial charge in [0.15, 0.2) is 6.61 Å². The number of hydrogen-bond acceptors (Lipinski definition) is 6. The second kappa shape index (κ2) is 8.56. The van der Waals surface area contributed by atoms with E-state index in [4.69, 9.17) is 9.47 Å². The van der Waals surface area contributed by atoms with Crippen LogP contribution in [0.4, 0.5) is 5.00 Å². The fourth-order valence-corrected chi connectivity index (χ4v) is 4.12. The van der Waals surface area contributed by atoms with Crippen molar-refractivity contribution >= 4 is 34.2 Å². The van der Waals surface area contributed by atoms with Crippen molar-refractivity contribution in [1.82, 2.24) is 0 Å². The summed E-state index contributed by atoms with van der Waals surface area (Å²) in [6.45, 7) is 5.45. The van der Waals surface area contributed by atoms with Crippen LogP contribution in [-0.4, -0.2) is 31.1 Å². The summed E-state index contributed by atoms with van der Waals surface area (Å²) >= 11 is 1.30. The first kappa shape index (κ1) is 20.1. The van der Waals surface area contributed by atoms with Crippen molar-refractivity contribution in [3.63, 3.8) is 0 Å². The lowest BCUT2D eigenvalue weighted by Crippen LogP contribution is -2.22. The van der Waals surface area contributed by atoms with Gasteiger partial charge in [0.2, 0.25) is 0 Å². The van der Waals surface area contributed by atoms with Gasteiger partial charge >= 0.3 is 11.9 Å². The number of thiophene rings is 1. The van der Waals surface area contributed by atoms with Gasteiger partial charge in [0.05, 0.1) is 12.5 Å². The predicted octanol–water partition coefficient (Wildman–Crippen LogP) is 4.04. The molecule has 0 unspecified atom stereocenters. The fraction of sp³-hybridized carbons (Fsp3) is 0.381. The molecule has 0 spiro atoms. The second-order valence-electron chi connectivity index (χ2n) is 6.80. The van der Waals surface area contributed by atoms with Gasteiger partial charge in [0, 0.05) is 10.4 Å². The van der Waals surface area contributed by atoms with Crippen LogP contribution < -0.4 is 5.32 Å². The maximum atomic E-state index is 12.6. The molecule has 0 bridgehead atoms. The van der Waals surface area contributed by atoms with E-state index in [9.17, 15) is 14.4 Å². The Morgan fingerprint density at radius 1 is 1.18 bits per heavy atom. The Hall–Kier alpha value is -2.67. The standard InChI is InChI=1S/C21H23NO5S/c1-4-26-21(25)18-17(14-8-6-5-7-9-14)13(3)28-19(18)22-16(23)11-27-20(24)15-10-12(15)2/h5-9,12,15H,4,10-11H2,1-3H3,(H,22,23)/t12-,15-/m1/s1. The van der Waals surface area contributed by atoms with Gasteiger partial charge in [-0.2, -0.15) is 0 Å². The Balaban J connectivity index is 1.81. The van der Waals surface area contributed by atoms with Crippen LogP contribution in [0, 0.1) is 18.8 Å². The fourth-order valence-electron chi connectivity index (χ4n) is 3.04. The number of aryl methyl sites for hydroxylation is 1. The summed E-state index contributed by atoms with van der Waals surface area (Å²) in [6.07, 6.45) is 0.804. The average Bonchev–Trinajstić information content (AvgIpc) is 3.31. The van der Waals surface area contributed by atoms with Gasteiger partial charge in [-0.3, -0.25) is 9.59 Å². The van der Waals surface area contributed by atoms with Gasteiger partial charge < -0.3 is 14.8 Å². The third-order valence-electron chi connectivity index (χ3n) is 4.64. The van der Waals surface area contributed by atoms with Gasteiger partial charge in [-0.15, -0.1) is 11.3 Å². The van der Waals surface area contributed by atoms with Crippen molar-refractivity contribution in [2.45, 2.75) is 27.2 Å². The molecule has 1 aliphatic carbocycles. The maximum absolute atomic E-state index is 12.6. The molecular formula is C21H23NO5S. The van der Waals surface area contributed by atoms with Crippen LogP contribution in [0.5, 0.6) is 0 Å². The molecule has 1 amide bonds. The van der Waals surface area contributed by atoms with Crippen molar-refractivity contribution < 1.29 is 23.9 Å². The number of benzene rings is 1. The lowest BCUT2D eigenvalue weighted by Gasteiger charge is -2.09. The number of nitrogens with one attached hydrogen (secondary N) is 1. The molecule has 6 nitrogen and oxygen atoms in total. The summed E-state index contributed by atoms with van der Waals surface area (Å²) in [4.78, 5) is 37.6. The molecule has 7 heteroatoms. The Bertz CT molecular complexity index is 890. The smallest absolute Gasteiger partial charge is 0.341 e. The maximum Gasteiger partial charge on any atom is 0.341 e.